The van der Waals surface area contributed by atoms with Gasteiger partial charge >= 0.3 is 0 Å². The van der Waals surface area contributed by atoms with Crippen LogP contribution in [0.4, 0.5) is 4.39 Å². The van der Waals surface area contributed by atoms with Crippen molar-refractivity contribution in [1.29, 1.82) is 0 Å². The van der Waals surface area contributed by atoms with Crippen LogP contribution in [0.5, 0.6) is 0 Å². The van der Waals surface area contributed by atoms with Gasteiger partial charge in [0.15, 0.2) is 0 Å². The van der Waals surface area contributed by atoms with Crippen LogP contribution in [0.2, 0.25) is 5.02 Å². The Morgan fingerprint density at radius 1 is 1.15 bits per heavy atom. The van der Waals surface area contributed by atoms with Gasteiger partial charge in [-0.3, -0.25) is 0 Å². The van der Waals surface area contributed by atoms with Crippen molar-refractivity contribution in [1.82, 2.24) is 0 Å². The summed E-state index contributed by atoms with van der Waals surface area (Å²) in [4.78, 5) is 0.232. The van der Waals surface area contributed by atoms with E-state index in [1.165, 1.54) is 12.1 Å². The third-order valence-corrected chi connectivity index (χ3v) is 3.24. The van der Waals surface area contributed by atoms with Crippen LogP contribution in [-0.4, -0.2) is 4.99 Å². The molecule has 0 aliphatic heterocycles. The molecule has 0 heterocycles. The fourth-order valence-electron chi connectivity index (χ4n) is 1.78. The molecule has 0 bridgehead atoms. The van der Waals surface area contributed by atoms with Gasteiger partial charge in [-0.2, -0.15) is 0 Å². The zero-order valence-corrected chi connectivity index (χ0v) is 12.2. The molecule has 2 rings (SSSR count). The van der Waals surface area contributed by atoms with E-state index in [-0.39, 0.29) is 17.4 Å². The number of hydrogen-bond donors (Lipinski definition) is 1. The van der Waals surface area contributed by atoms with Crippen molar-refractivity contribution in [3.8, 4) is 0 Å². The SMILES string of the molecule is NC(=S)c1ccc(F)cc1COCc1ccc(Cl)cc1. The Morgan fingerprint density at radius 3 is 2.50 bits per heavy atom. The molecule has 0 atom stereocenters. The van der Waals surface area contributed by atoms with E-state index in [0.717, 1.165) is 5.56 Å². The molecule has 0 fully saturated rings. The lowest BCUT2D eigenvalue weighted by atomic mass is 10.1. The second-order valence-electron chi connectivity index (χ2n) is 4.28. The molecule has 2 nitrogen and oxygen atoms in total. The van der Waals surface area contributed by atoms with Gasteiger partial charge in [-0.1, -0.05) is 36.0 Å². The maximum absolute atomic E-state index is 13.3. The molecule has 0 aromatic heterocycles. The van der Waals surface area contributed by atoms with Gasteiger partial charge in [0.25, 0.3) is 0 Å². The first-order valence-corrected chi connectivity index (χ1v) is 6.75. The summed E-state index contributed by atoms with van der Waals surface area (Å²) in [5.41, 5.74) is 7.87. The standard InChI is InChI=1S/C15H13ClFNOS/c16-12-3-1-10(2-4-12)8-19-9-11-7-13(17)5-6-14(11)15(18)20/h1-7H,8-9H2,(H2,18,20). The Labute approximate surface area is 127 Å². The second-order valence-corrected chi connectivity index (χ2v) is 5.16. The number of benzene rings is 2. The van der Waals surface area contributed by atoms with Gasteiger partial charge in [-0.15, -0.1) is 0 Å². The van der Waals surface area contributed by atoms with E-state index in [2.05, 4.69) is 0 Å². The Hall–Kier alpha value is -1.49. The van der Waals surface area contributed by atoms with Crippen molar-refractivity contribution in [2.45, 2.75) is 13.2 Å². The van der Waals surface area contributed by atoms with E-state index in [1.54, 1.807) is 18.2 Å². The Balaban J connectivity index is 2.02. The third kappa shape index (κ3) is 4.00. The van der Waals surface area contributed by atoms with Gasteiger partial charge in [0, 0.05) is 10.6 Å². The Bertz CT molecular complexity index is 616. The van der Waals surface area contributed by atoms with Crippen LogP contribution in [0.15, 0.2) is 42.5 Å². The molecular weight excluding hydrogens is 297 g/mol. The quantitative estimate of drug-likeness (QED) is 0.853. The Morgan fingerprint density at radius 2 is 1.85 bits per heavy atom. The molecule has 5 heteroatoms. The van der Waals surface area contributed by atoms with E-state index in [9.17, 15) is 4.39 Å². The Kier molecular flexibility index (Phi) is 5.06. The molecule has 0 unspecified atom stereocenters. The van der Waals surface area contributed by atoms with Gasteiger partial charge in [-0.25, -0.2) is 4.39 Å². The highest BCUT2D eigenvalue weighted by molar-refractivity contribution is 7.80. The van der Waals surface area contributed by atoms with Crippen molar-refractivity contribution in [2.75, 3.05) is 0 Å². The highest BCUT2D eigenvalue weighted by Crippen LogP contribution is 2.15. The number of halogens is 2. The lowest BCUT2D eigenvalue weighted by Gasteiger charge is -2.09. The molecule has 0 saturated carbocycles. The zero-order chi connectivity index (χ0) is 14.5. The maximum Gasteiger partial charge on any atom is 0.123 e. The first kappa shape index (κ1) is 14.9. The summed E-state index contributed by atoms with van der Waals surface area (Å²) in [6, 6.07) is 11.6. The number of hydrogen-bond acceptors (Lipinski definition) is 2. The monoisotopic (exact) mass is 309 g/mol. The zero-order valence-electron chi connectivity index (χ0n) is 10.6. The van der Waals surface area contributed by atoms with Gasteiger partial charge in [0.1, 0.15) is 10.8 Å². The number of thiocarbonyl (C=S) groups is 1. The van der Waals surface area contributed by atoms with Crippen LogP contribution in [0, 0.1) is 5.82 Å². The summed E-state index contributed by atoms with van der Waals surface area (Å²) in [6.45, 7) is 0.650. The molecule has 0 radical (unpaired) electrons. The minimum Gasteiger partial charge on any atom is -0.389 e. The predicted molar refractivity (Wildman–Crippen MR) is 82.2 cm³/mol. The highest BCUT2D eigenvalue weighted by Gasteiger charge is 2.07. The number of nitrogens with two attached hydrogens (primary N) is 1. The predicted octanol–water partition coefficient (Wildman–Crippen LogP) is 3.83. The van der Waals surface area contributed by atoms with Crippen LogP contribution in [0.1, 0.15) is 16.7 Å². The van der Waals surface area contributed by atoms with E-state index >= 15 is 0 Å². The maximum atomic E-state index is 13.3. The second kappa shape index (κ2) is 6.79. The summed E-state index contributed by atoms with van der Waals surface area (Å²) >= 11 is 10.7. The van der Waals surface area contributed by atoms with Gasteiger partial charge in [-0.05, 0) is 41.5 Å². The van der Waals surface area contributed by atoms with Gasteiger partial charge in [0.2, 0.25) is 0 Å². The average molecular weight is 310 g/mol. The van der Waals surface area contributed by atoms with Crippen molar-refractivity contribution >= 4 is 28.8 Å². The largest absolute Gasteiger partial charge is 0.389 e. The van der Waals surface area contributed by atoms with E-state index in [1.807, 2.05) is 12.1 Å². The molecule has 0 spiro atoms. The molecule has 104 valence electrons. The fraction of sp³-hybridized carbons (Fsp3) is 0.133. The van der Waals surface area contributed by atoms with Crippen LogP contribution in [0.25, 0.3) is 0 Å². The van der Waals surface area contributed by atoms with Gasteiger partial charge < -0.3 is 10.5 Å². The summed E-state index contributed by atoms with van der Waals surface area (Å²) in [5, 5.41) is 0.676. The van der Waals surface area contributed by atoms with Crippen molar-refractivity contribution < 1.29 is 9.13 Å². The first-order chi connectivity index (χ1) is 9.56. The molecule has 0 amide bonds. The van der Waals surface area contributed by atoms with Crippen LogP contribution in [0.3, 0.4) is 0 Å². The molecule has 0 aliphatic rings. The van der Waals surface area contributed by atoms with Gasteiger partial charge in [0.05, 0.1) is 13.2 Å². The summed E-state index contributed by atoms with van der Waals surface area (Å²) in [5.74, 6) is -0.338. The lowest BCUT2D eigenvalue weighted by molar-refractivity contribution is 0.107. The van der Waals surface area contributed by atoms with Crippen molar-refractivity contribution in [3.05, 3.63) is 70.0 Å². The normalized spacial score (nSPS) is 10.5. The van der Waals surface area contributed by atoms with Crippen LogP contribution < -0.4 is 5.73 Å². The third-order valence-electron chi connectivity index (χ3n) is 2.77. The minimum absolute atomic E-state index is 0.232. The van der Waals surface area contributed by atoms with E-state index in [4.69, 9.17) is 34.3 Å². The molecule has 2 N–H and O–H groups in total. The lowest BCUT2D eigenvalue weighted by Crippen LogP contribution is -2.13. The average Bonchev–Trinajstić information content (AvgIpc) is 2.41. The first-order valence-electron chi connectivity index (χ1n) is 5.96. The molecule has 0 aliphatic carbocycles. The molecule has 2 aromatic rings. The highest BCUT2D eigenvalue weighted by atomic mass is 35.5. The number of rotatable bonds is 5. The topological polar surface area (TPSA) is 35.2 Å². The summed E-state index contributed by atoms with van der Waals surface area (Å²) in [7, 11) is 0. The molecule has 20 heavy (non-hydrogen) atoms. The van der Waals surface area contributed by atoms with Crippen molar-refractivity contribution in [3.63, 3.8) is 0 Å². The smallest absolute Gasteiger partial charge is 0.123 e. The summed E-state index contributed by atoms with van der Waals surface area (Å²) in [6.07, 6.45) is 0. The molecule has 2 aromatic carbocycles. The van der Waals surface area contributed by atoms with E-state index < -0.39 is 0 Å². The molecule has 0 saturated heterocycles. The van der Waals surface area contributed by atoms with E-state index in [0.29, 0.717) is 22.8 Å². The van der Waals surface area contributed by atoms with Crippen molar-refractivity contribution in [2.24, 2.45) is 5.73 Å². The van der Waals surface area contributed by atoms with Crippen LogP contribution >= 0.6 is 23.8 Å². The fourth-order valence-corrected chi connectivity index (χ4v) is 2.11. The summed E-state index contributed by atoms with van der Waals surface area (Å²) < 4.78 is 18.8. The van der Waals surface area contributed by atoms with Crippen LogP contribution in [-0.2, 0) is 18.0 Å². The molecular formula is C15H13ClFNOS. The number of ether oxygens (including phenoxy) is 1. The minimum atomic E-state index is -0.338.